The van der Waals surface area contributed by atoms with Gasteiger partial charge in [0.1, 0.15) is 5.54 Å². The van der Waals surface area contributed by atoms with Crippen molar-refractivity contribution in [2.75, 3.05) is 6.61 Å². The van der Waals surface area contributed by atoms with Gasteiger partial charge in [-0.15, -0.1) is 0 Å². The highest BCUT2D eigenvalue weighted by Gasteiger charge is 2.38. The fourth-order valence-corrected chi connectivity index (χ4v) is 2.23. The van der Waals surface area contributed by atoms with E-state index in [1.165, 1.54) is 0 Å². The topological polar surface area (TPSA) is 38.3 Å². The molecule has 3 nitrogen and oxygen atoms in total. The van der Waals surface area contributed by atoms with Crippen LogP contribution in [-0.2, 0) is 15.1 Å². The molecular weight excluding hydrogens is 226 g/mol. The Morgan fingerprint density at radius 3 is 2.50 bits per heavy atom. The van der Waals surface area contributed by atoms with Crippen LogP contribution in [-0.4, -0.2) is 18.6 Å². The number of rotatable bonds is 5. The summed E-state index contributed by atoms with van der Waals surface area (Å²) in [6.07, 6.45) is 0. The highest BCUT2D eigenvalue weighted by molar-refractivity contribution is 5.82. The summed E-state index contributed by atoms with van der Waals surface area (Å²) in [6, 6.07) is 8.09. The number of ether oxygens (including phenoxy) is 1. The molecule has 3 heteroatoms. The Balaban J connectivity index is 3.20. The molecule has 1 N–H and O–H groups in total. The van der Waals surface area contributed by atoms with Crippen LogP contribution < -0.4 is 5.32 Å². The lowest BCUT2D eigenvalue weighted by Gasteiger charge is -2.32. The minimum atomic E-state index is -0.796. The number of aryl methyl sites for hydroxylation is 1. The smallest absolute Gasteiger partial charge is 0.330 e. The van der Waals surface area contributed by atoms with Gasteiger partial charge in [-0.05, 0) is 45.7 Å². The van der Waals surface area contributed by atoms with Crippen LogP contribution in [0.15, 0.2) is 24.3 Å². The van der Waals surface area contributed by atoms with Crippen LogP contribution in [0.25, 0.3) is 0 Å². The molecule has 1 rings (SSSR count). The van der Waals surface area contributed by atoms with Crippen molar-refractivity contribution in [3.05, 3.63) is 35.4 Å². The van der Waals surface area contributed by atoms with Gasteiger partial charge in [-0.2, -0.15) is 0 Å². The molecule has 0 saturated heterocycles. The third kappa shape index (κ3) is 3.10. The Kier molecular flexibility index (Phi) is 4.91. The average molecular weight is 249 g/mol. The summed E-state index contributed by atoms with van der Waals surface area (Å²) in [7, 11) is 0. The maximum absolute atomic E-state index is 12.3. The predicted molar refractivity (Wildman–Crippen MR) is 73.4 cm³/mol. The zero-order valence-electron chi connectivity index (χ0n) is 11.9. The molecule has 100 valence electrons. The minimum absolute atomic E-state index is 0.194. The van der Waals surface area contributed by atoms with Crippen molar-refractivity contribution in [2.24, 2.45) is 0 Å². The second kappa shape index (κ2) is 6.01. The van der Waals surface area contributed by atoms with E-state index in [9.17, 15) is 4.79 Å². The Labute approximate surface area is 110 Å². The van der Waals surface area contributed by atoms with Gasteiger partial charge in [0.25, 0.3) is 0 Å². The average Bonchev–Trinajstić information content (AvgIpc) is 2.28. The number of esters is 1. The summed E-state index contributed by atoms with van der Waals surface area (Å²) < 4.78 is 5.22. The molecule has 1 atom stereocenters. The van der Waals surface area contributed by atoms with Crippen molar-refractivity contribution in [3.8, 4) is 0 Å². The maximum Gasteiger partial charge on any atom is 0.330 e. The molecular formula is C15H23NO2. The first-order chi connectivity index (χ1) is 8.41. The van der Waals surface area contributed by atoms with Crippen LogP contribution in [0.1, 0.15) is 38.8 Å². The molecule has 0 aliphatic heterocycles. The van der Waals surface area contributed by atoms with E-state index in [1.807, 2.05) is 58.9 Å². The molecule has 0 spiro atoms. The predicted octanol–water partition coefficient (Wildman–Crippen LogP) is 2.77. The Hall–Kier alpha value is -1.35. The SMILES string of the molecule is CCOC(=O)C(C)(NC(C)C)c1ccccc1C. The van der Waals surface area contributed by atoms with Crippen LogP contribution in [0.4, 0.5) is 0 Å². The molecule has 0 radical (unpaired) electrons. The molecule has 0 aliphatic rings. The number of carbonyl (C=O) groups is 1. The Morgan fingerprint density at radius 2 is 2.00 bits per heavy atom. The monoisotopic (exact) mass is 249 g/mol. The zero-order chi connectivity index (χ0) is 13.8. The first kappa shape index (κ1) is 14.7. The van der Waals surface area contributed by atoms with Crippen molar-refractivity contribution in [1.82, 2.24) is 5.32 Å². The highest BCUT2D eigenvalue weighted by Crippen LogP contribution is 2.26. The van der Waals surface area contributed by atoms with Gasteiger partial charge in [0.15, 0.2) is 0 Å². The van der Waals surface area contributed by atoms with Crippen LogP contribution in [0.2, 0.25) is 0 Å². The molecule has 1 aromatic rings. The lowest BCUT2D eigenvalue weighted by molar-refractivity contribution is -0.151. The number of carbonyl (C=O) groups excluding carboxylic acids is 1. The molecule has 0 fully saturated rings. The van der Waals surface area contributed by atoms with Gasteiger partial charge in [0, 0.05) is 6.04 Å². The molecule has 1 aromatic carbocycles. The van der Waals surface area contributed by atoms with E-state index in [4.69, 9.17) is 4.74 Å². The Morgan fingerprint density at radius 1 is 1.39 bits per heavy atom. The normalized spacial score (nSPS) is 14.3. The lowest BCUT2D eigenvalue weighted by atomic mass is 9.88. The number of hydrogen-bond acceptors (Lipinski definition) is 3. The maximum atomic E-state index is 12.3. The molecule has 0 saturated carbocycles. The summed E-state index contributed by atoms with van der Waals surface area (Å²) in [6.45, 7) is 10.2. The lowest BCUT2D eigenvalue weighted by Crippen LogP contribution is -2.51. The number of nitrogens with one attached hydrogen (secondary N) is 1. The van der Waals surface area contributed by atoms with Crippen LogP contribution in [0.3, 0.4) is 0 Å². The Bertz CT molecular complexity index is 415. The van der Waals surface area contributed by atoms with E-state index in [2.05, 4.69) is 5.32 Å². The van der Waals surface area contributed by atoms with Gasteiger partial charge in [-0.25, -0.2) is 4.79 Å². The summed E-state index contributed by atoms with van der Waals surface area (Å²) in [5, 5.41) is 3.32. The van der Waals surface area contributed by atoms with E-state index >= 15 is 0 Å². The van der Waals surface area contributed by atoms with Crippen molar-refractivity contribution < 1.29 is 9.53 Å². The first-order valence-corrected chi connectivity index (χ1v) is 6.42. The van der Waals surface area contributed by atoms with Gasteiger partial charge in [-0.3, -0.25) is 5.32 Å². The quantitative estimate of drug-likeness (QED) is 0.815. The summed E-state index contributed by atoms with van der Waals surface area (Å²) in [4.78, 5) is 12.3. The zero-order valence-corrected chi connectivity index (χ0v) is 11.9. The molecule has 0 amide bonds. The van der Waals surface area contributed by atoms with Gasteiger partial charge < -0.3 is 4.74 Å². The fraction of sp³-hybridized carbons (Fsp3) is 0.533. The van der Waals surface area contributed by atoms with Crippen LogP contribution >= 0.6 is 0 Å². The summed E-state index contributed by atoms with van der Waals surface area (Å²) in [5.41, 5.74) is 1.26. The third-order valence-electron chi connectivity index (χ3n) is 2.94. The third-order valence-corrected chi connectivity index (χ3v) is 2.94. The summed E-state index contributed by atoms with van der Waals surface area (Å²) >= 11 is 0. The molecule has 0 heterocycles. The highest BCUT2D eigenvalue weighted by atomic mass is 16.5. The van der Waals surface area contributed by atoms with Gasteiger partial charge in [0.05, 0.1) is 6.61 Å². The minimum Gasteiger partial charge on any atom is -0.464 e. The summed E-state index contributed by atoms with van der Waals surface area (Å²) in [5.74, 6) is -0.229. The van der Waals surface area contributed by atoms with Gasteiger partial charge in [0.2, 0.25) is 0 Å². The number of benzene rings is 1. The molecule has 0 aromatic heterocycles. The molecule has 0 aliphatic carbocycles. The molecule has 0 bridgehead atoms. The van der Waals surface area contributed by atoms with Crippen molar-refractivity contribution in [3.63, 3.8) is 0 Å². The van der Waals surface area contributed by atoms with Crippen molar-refractivity contribution in [1.29, 1.82) is 0 Å². The van der Waals surface area contributed by atoms with E-state index < -0.39 is 5.54 Å². The van der Waals surface area contributed by atoms with Gasteiger partial charge >= 0.3 is 5.97 Å². The van der Waals surface area contributed by atoms with E-state index in [0.717, 1.165) is 11.1 Å². The van der Waals surface area contributed by atoms with Crippen LogP contribution in [0.5, 0.6) is 0 Å². The molecule has 1 unspecified atom stereocenters. The van der Waals surface area contributed by atoms with Crippen molar-refractivity contribution in [2.45, 2.75) is 46.2 Å². The number of hydrogen-bond donors (Lipinski definition) is 1. The standard InChI is InChI=1S/C15H23NO2/c1-6-18-14(17)15(5,16-11(2)3)13-10-8-7-9-12(13)4/h7-11,16H,6H2,1-5H3. The van der Waals surface area contributed by atoms with Crippen LogP contribution in [0, 0.1) is 6.92 Å². The van der Waals surface area contributed by atoms with Crippen molar-refractivity contribution >= 4 is 5.97 Å². The second-order valence-electron chi connectivity index (χ2n) is 4.96. The first-order valence-electron chi connectivity index (χ1n) is 6.42. The van der Waals surface area contributed by atoms with E-state index in [-0.39, 0.29) is 12.0 Å². The fourth-order valence-electron chi connectivity index (χ4n) is 2.23. The molecule has 18 heavy (non-hydrogen) atoms. The largest absolute Gasteiger partial charge is 0.464 e. The van der Waals surface area contributed by atoms with E-state index in [1.54, 1.807) is 0 Å². The second-order valence-corrected chi connectivity index (χ2v) is 4.96. The van der Waals surface area contributed by atoms with Gasteiger partial charge in [-0.1, -0.05) is 24.3 Å². The van der Waals surface area contributed by atoms with E-state index in [0.29, 0.717) is 6.61 Å².